The Balaban J connectivity index is 2.19. The van der Waals surface area contributed by atoms with E-state index in [4.69, 9.17) is 5.73 Å². The van der Waals surface area contributed by atoms with Gasteiger partial charge in [0.1, 0.15) is 12.2 Å². The maximum atomic E-state index is 5.50. The van der Waals surface area contributed by atoms with Gasteiger partial charge >= 0.3 is 0 Å². The molecule has 2 aromatic heterocycles. The zero-order valence-electron chi connectivity index (χ0n) is 7.67. The molecule has 0 amide bonds. The highest BCUT2D eigenvalue weighted by Gasteiger charge is 2.02. The van der Waals surface area contributed by atoms with E-state index in [0.717, 1.165) is 11.5 Å². The zero-order chi connectivity index (χ0) is 9.80. The van der Waals surface area contributed by atoms with Gasteiger partial charge in [0.05, 0.1) is 18.8 Å². The van der Waals surface area contributed by atoms with Crippen molar-refractivity contribution in [2.45, 2.75) is 13.1 Å². The number of pyridine rings is 1. The maximum Gasteiger partial charge on any atom is 0.146 e. The van der Waals surface area contributed by atoms with Crippen molar-refractivity contribution in [2.75, 3.05) is 0 Å². The van der Waals surface area contributed by atoms with E-state index < -0.39 is 0 Å². The first-order valence-electron chi connectivity index (χ1n) is 4.37. The summed E-state index contributed by atoms with van der Waals surface area (Å²) in [5.74, 6) is 0.774. The fraction of sp³-hybridized carbons (Fsp3) is 0.222. The first-order chi connectivity index (χ1) is 6.90. The van der Waals surface area contributed by atoms with Crippen LogP contribution in [0.5, 0.6) is 0 Å². The summed E-state index contributed by atoms with van der Waals surface area (Å²) >= 11 is 0. The molecule has 5 nitrogen and oxygen atoms in total. The summed E-state index contributed by atoms with van der Waals surface area (Å²) < 4.78 is 1.89. The minimum Gasteiger partial charge on any atom is -0.324 e. The van der Waals surface area contributed by atoms with Gasteiger partial charge in [-0.2, -0.15) is 0 Å². The van der Waals surface area contributed by atoms with Gasteiger partial charge in [-0.1, -0.05) is 6.07 Å². The van der Waals surface area contributed by atoms with Gasteiger partial charge in [0.15, 0.2) is 0 Å². The molecule has 2 aromatic rings. The third-order valence-electron chi connectivity index (χ3n) is 1.94. The van der Waals surface area contributed by atoms with Gasteiger partial charge in [0.2, 0.25) is 0 Å². The van der Waals surface area contributed by atoms with Crippen molar-refractivity contribution in [3.63, 3.8) is 0 Å². The van der Waals surface area contributed by atoms with Crippen molar-refractivity contribution in [3.05, 3.63) is 42.2 Å². The van der Waals surface area contributed by atoms with E-state index in [-0.39, 0.29) is 0 Å². The van der Waals surface area contributed by atoms with Gasteiger partial charge in [0, 0.05) is 6.20 Å². The molecule has 0 aliphatic heterocycles. The number of nitrogens with zero attached hydrogens (tertiary/aromatic N) is 4. The molecule has 0 atom stereocenters. The topological polar surface area (TPSA) is 69.6 Å². The Labute approximate surface area is 81.6 Å². The minimum absolute atomic E-state index is 0.396. The predicted octanol–water partition coefficient (Wildman–Crippen LogP) is 0.180. The lowest BCUT2D eigenvalue weighted by Crippen LogP contribution is -2.09. The largest absolute Gasteiger partial charge is 0.324 e. The molecule has 72 valence electrons. The van der Waals surface area contributed by atoms with Crippen LogP contribution in [0, 0.1) is 0 Å². The summed E-state index contributed by atoms with van der Waals surface area (Å²) in [5.41, 5.74) is 6.48. The van der Waals surface area contributed by atoms with Crippen LogP contribution in [0.2, 0.25) is 0 Å². The standard InChI is InChI=1S/C9H11N5/c10-5-9-13-12-7-14(9)6-8-3-1-2-4-11-8/h1-4,7H,5-6,10H2. The molecule has 2 rings (SSSR count). The van der Waals surface area contributed by atoms with E-state index in [9.17, 15) is 0 Å². The summed E-state index contributed by atoms with van der Waals surface area (Å²) in [5, 5.41) is 7.69. The van der Waals surface area contributed by atoms with Crippen molar-refractivity contribution < 1.29 is 0 Å². The van der Waals surface area contributed by atoms with Crippen LogP contribution in [0.25, 0.3) is 0 Å². The maximum absolute atomic E-state index is 5.50. The highest BCUT2D eigenvalue weighted by atomic mass is 15.3. The molecule has 0 saturated heterocycles. The average Bonchev–Trinajstić information content (AvgIpc) is 2.67. The smallest absolute Gasteiger partial charge is 0.146 e. The fourth-order valence-electron chi connectivity index (χ4n) is 1.24. The summed E-state index contributed by atoms with van der Waals surface area (Å²) in [6.45, 7) is 1.06. The van der Waals surface area contributed by atoms with E-state index in [2.05, 4.69) is 15.2 Å². The van der Waals surface area contributed by atoms with Crippen molar-refractivity contribution in [3.8, 4) is 0 Å². The molecular formula is C9H11N5. The lowest BCUT2D eigenvalue weighted by atomic mass is 10.3. The normalized spacial score (nSPS) is 10.4. The SMILES string of the molecule is NCc1nncn1Cc1ccccn1. The lowest BCUT2D eigenvalue weighted by Gasteiger charge is -2.03. The molecule has 0 spiro atoms. The van der Waals surface area contributed by atoms with Crippen molar-refractivity contribution >= 4 is 0 Å². The summed E-state index contributed by atoms with van der Waals surface area (Å²) in [7, 11) is 0. The first kappa shape index (κ1) is 8.83. The van der Waals surface area contributed by atoms with Gasteiger partial charge in [-0.15, -0.1) is 10.2 Å². The highest BCUT2D eigenvalue weighted by molar-refractivity contribution is 5.04. The molecule has 14 heavy (non-hydrogen) atoms. The van der Waals surface area contributed by atoms with Crippen LogP contribution in [0.4, 0.5) is 0 Å². The highest BCUT2D eigenvalue weighted by Crippen LogP contribution is 2.00. The van der Waals surface area contributed by atoms with Crippen LogP contribution in [0.1, 0.15) is 11.5 Å². The number of hydrogen-bond donors (Lipinski definition) is 1. The molecule has 5 heteroatoms. The van der Waals surface area contributed by atoms with Crippen LogP contribution >= 0.6 is 0 Å². The lowest BCUT2D eigenvalue weighted by molar-refractivity contribution is 0.709. The number of hydrogen-bond acceptors (Lipinski definition) is 4. The Hall–Kier alpha value is -1.75. The van der Waals surface area contributed by atoms with E-state index in [1.807, 2.05) is 22.8 Å². The molecule has 0 aliphatic carbocycles. The van der Waals surface area contributed by atoms with Crippen LogP contribution in [-0.2, 0) is 13.1 Å². The van der Waals surface area contributed by atoms with Crippen molar-refractivity contribution in [1.29, 1.82) is 0 Å². The third kappa shape index (κ3) is 1.77. The number of nitrogens with two attached hydrogens (primary N) is 1. The van der Waals surface area contributed by atoms with Crippen LogP contribution in [0.15, 0.2) is 30.7 Å². The Bertz CT molecular complexity index is 395. The second-order valence-electron chi connectivity index (χ2n) is 2.90. The molecule has 0 aromatic carbocycles. The van der Waals surface area contributed by atoms with Crippen LogP contribution in [0.3, 0.4) is 0 Å². The van der Waals surface area contributed by atoms with E-state index >= 15 is 0 Å². The third-order valence-corrected chi connectivity index (χ3v) is 1.94. The molecular weight excluding hydrogens is 178 g/mol. The monoisotopic (exact) mass is 189 g/mol. The Morgan fingerprint density at radius 1 is 1.36 bits per heavy atom. The summed E-state index contributed by atoms with van der Waals surface area (Å²) in [6.07, 6.45) is 3.43. The summed E-state index contributed by atoms with van der Waals surface area (Å²) in [4.78, 5) is 4.21. The molecule has 2 N–H and O–H groups in total. The number of aromatic nitrogens is 4. The van der Waals surface area contributed by atoms with Gasteiger partial charge in [-0.05, 0) is 12.1 Å². The second-order valence-corrected chi connectivity index (χ2v) is 2.90. The molecule has 0 aliphatic rings. The molecule has 0 bridgehead atoms. The molecule has 0 saturated carbocycles. The van der Waals surface area contributed by atoms with E-state index in [0.29, 0.717) is 13.1 Å². The first-order valence-corrected chi connectivity index (χ1v) is 4.37. The fourth-order valence-corrected chi connectivity index (χ4v) is 1.24. The van der Waals surface area contributed by atoms with E-state index in [1.165, 1.54) is 0 Å². The molecule has 0 unspecified atom stereocenters. The Morgan fingerprint density at radius 2 is 2.29 bits per heavy atom. The molecule has 0 fully saturated rings. The zero-order valence-corrected chi connectivity index (χ0v) is 7.67. The molecule has 0 radical (unpaired) electrons. The van der Waals surface area contributed by atoms with Crippen molar-refractivity contribution in [2.24, 2.45) is 5.73 Å². The predicted molar refractivity (Wildman–Crippen MR) is 51.3 cm³/mol. The summed E-state index contributed by atoms with van der Waals surface area (Å²) in [6, 6.07) is 5.80. The van der Waals surface area contributed by atoms with E-state index in [1.54, 1.807) is 12.5 Å². The van der Waals surface area contributed by atoms with Gasteiger partial charge < -0.3 is 10.3 Å². The number of rotatable bonds is 3. The second kappa shape index (κ2) is 3.97. The van der Waals surface area contributed by atoms with Crippen molar-refractivity contribution in [1.82, 2.24) is 19.7 Å². The molecule has 2 heterocycles. The van der Waals surface area contributed by atoms with Gasteiger partial charge in [-0.3, -0.25) is 4.98 Å². The van der Waals surface area contributed by atoms with Crippen LogP contribution < -0.4 is 5.73 Å². The minimum atomic E-state index is 0.396. The van der Waals surface area contributed by atoms with Gasteiger partial charge in [0.25, 0.3) is 0 Å². The van der Waals surface area contributed by atoms with Gasteiger partial charge in [-0.25, -0.2) is 0 Å². The Kier molecular flexibility index (Phi) is 2.51. The quantitative estimate of drug-likeness (QED) is 0.747. The Morgan fingerprint density at radius 3 is 3.00 bits per heavy atom. The average molecular weight is 189 g/mol. The van der Waals surface area contributed by atoms with Crippen LogP contribution in [-0.4, -0.2) is 19.7 Å².